The molecule has 0 aromatic heterocycles. The van der Waals surface area contributed by atoms with Gasteiger partial charge in [-0.15, -0.1) is 0 Å². The van der Waals surface area contributed by atoms with E-state index in [2.05, 4.69) is 24.4 Å². The third kappa shape index (κ3) is 3.01. The Labute approximate surface area is 108 Å². The van der Waals surface area contributed by atoms with E-state index in [1.54, 1.807) is 4.90 Å². The van der Waals surface area contributed by atoms with Gasteiger partial charge in [0.25, 0.3) is 0 Å². The number of hydrogen-bond donors (Lipinski definition) is 2. The summed E-state index contributed by atoms with van der Waals surface area (Å²) in [5.41, 5.74) is 1.23. The van der Waals surface area contributed by atoms with Crippen LogP contribution in [0.5, 0.6) is 0 Å². The number of hydrogen-bond acceptors (Lipinski definition) is 2. The maximum absolute atomic E-state index is 11.1. The van der Waals surface area contributed by atoms with Gasteiger partial charge in [0.1, 0.15) is 0 Å². The summed E-state index contributed by atoms with van der Waals surface area (Å²) in [6.07, 6.45) is 1.12. The molecule has 1 amide bonds. The fourth-order valence-corrected chi connectivity index (χ4v) is 2.56. The van der Waals surface area contributed by atoms with Gasteiger partial charge in [-0.25, -0.2) is 4.79 Å². The van der Waals surface area contributed by atoms with Crippen LogP contribution in [-0.2, 0) is 6.54 Å². The molecule has 2 atom stereocenters. The quantitative estimate of drug-likeness (QED) is 0.859. The Morgan fingerprint density at radius 1 is 1.50 bits per heavy atom. The van der Waals surface area contributed by atoms with E-state index in [0.29, 0.717) is 6.54 Å². The molecule has 1 aliphatic rings. The zero-order chi connectivity index (χ0) is 13.0. The van der Waals surface area contributed by atoms with Gasteiger partial charge in [0, 0.05) is 19.1 Å². The number of rotatable bonds is 4. The van der Waals surface area contributed by atoms with Crippen molar-refractivity contribution < 1.29 is 9.90 Å². The highest BCUT2D eigenvalue weighted by Crippen LogP contribution is 2.20. The SMILES string of the molecule is CC(NCc1ccccc1)[C@@H]1CCCN1C(=O)O. The van der Waals surface area contributed by atoms with Crippen molar-refractivity contribution in [2.75, 3.05) is 6.54 Å². The van der Waals surface area contributed by atoms with Gasteiger partial charge in [-0.3, -0.25) is 0 Å². The highest BCUT2D eigenvalue weighted by Gasteiger charge is 2.32. The zero-order valence-corrected chi connectivity index (χ0v) is 10.7. The summed E-state index contributed by atoms with van der Waals surface area (Å²) in [6.45, 7) is 3.51. The first kappa shape index (κ1) is 12.9. The maximum atomic E-state index is 11.1. The number of nitrogens with zero attached hydrogens (tertiary/aromatic N) is 1. The largest absolute Gasteiger partial charge is 0.465 e. The van der Waals surface area contributed by atoms with E-state index in [0.717, 1.165) is 19.4 Å². The molecule has 1 saturated heterocycles. The fraction of sp³-hybridized carbons (Fsp3) is 0.500. The molecule has 98 valence electrons. The average molecular weight is 248 g/mol. The summed E-state index contributed by atoms with van der Waals surface area (Å²) in [5.74, 6) is 0. The Balaban J connectivity index is 1.88. The predicted octanol–water partition coefficient (Wildman–Crippen LogP) is 2.31. The second-order valence-corrected chi connectivity index (χ2v) is 4.84. The summed E-state index contributed by atoms with van der Waals surface area (Å²) >= 11 is 0. The lowest BCUT2D eigenvalue weighted by Crippen LogP contribution is -2.46. The maximum Gasteiger partial charge on any atom is 0.407 e. The minimum Gasteiger partial charge on any atom is -0.465 e. The zero-order valence-electron chi connectivity index (χ0n) is 10.7. The van der Waals surface area contributed by atoms with Crippen LogP contribution < -0.4 is 5.32 Å². The van der Waals surface area contributed by atoms with Crippen molar-refractivity contribution in [3.05, 3.63) is 35.9 Å². The molecule has 4 heteroatoms. The second-order valence-electron chi connectivity index (χ2n) is 4.84. The molecule has 2 rings (SSSR count). The van der Waals surface area contributed by atoms with Crippen molar-refractivity contribution in [3.63, 3.8) is 0 Å². The molecular formula is C14H20N2O2. The summed E-state index contributed by atoms with van der Waals surface area (Å²) < 4.78 is 0. The van der Waals surface area contributed by atoms with E-state index in [-0.39, 0.29) is 12.1 Å². The lowest BCUT2D eigenvalue weighted by Gasteiger charge is -2.28. The van der Waals surface area contributed by atoms with Crippen molar-refractivity contribution in [3.8, 4) is 0 Å². The van der Waals surface area contributed by atoms with Gasteiger partial charge in [0.2, 0.25) is 0 Å². The monoisotopic (exact) mass is 248 g/mol. The second kappa shape index (κ2) is 5.87. The number of benzene rings is 1. The number of carboxylic acid groups (broad SMARTS) is 1. The molecule has 1 unspecified atom stereocenters. The first-order chi connectivity index (χ1) is 8.68. The lowest BCUT2D eigenvalue weighted by atomic mass is 10.1. The number of amides is 1. The molecule has 0 spiro atoms. The van der Waals surface area contributed by atoms with Crippen molar-refractivity contribution in [2.45, 2.75) is 38.4 Å². The minimum absolute atomic E-state index is 0.103. The van der Waals surface area contributed by atoms with Gasteiger partial charge in [-0.2, -0.15) is 0 Å². The molecule has 1 heterocycles. The van der Waals surface area contributed by atoms with Crippen LogP contribution >= 0.6 is 0 Å². The van der Waals surface area contributed by atoms with Crippen molar-refractivity contribution >= 4 is 6.09 Å². The molecule has 0 bridgehead atoms. The molecule has 0 saturated carbocycles. The fourth-order valence-electron chi connectivity index (χ4n) is 2.56. The molecule has 2 N–H and O–H groups in total. The van der Waals surface area contributed by atoms with Crippen LogP contribution in [0, 0.1) is 0 Å². The highest BCUT2D eigenvalue weighted by atomic mass is 16.4. The Morgan fingerprint density at radius 3 is 2.89 bits per heavy atom. The number of likely N-dealkylation sites (tertiary alicyclic amines) is 1. The molecule has 1 fully saturated rings. The third-order valence-electron chi connectivity index (χ3n) is 3.59. The van der Waals surface area contributed by atoms with Crippen LogP contribution in [0.4, 0.5) is 4.79 Å². The smallest absolute Gasteiger partial charge is 0.407 e. The number of nitrogens with one attached hydrogen (secondary N) is 1. The van der Waals surface area contributed by atoms with E-state index < -0.39 is 6.09 Å². The summed E-state index contributed by atoms with van der Waals surface area (Å²) in [6, 6.07) is 10.5. The molecule has 18 heavy (non-hydrogen) atoms. The molecule has 1 aliphatic heterocycles. The Bertz CT molecular complexity index is 394. The van der Waals surface area contributed by atoms with Gasteiger partial charge >= 0.3 is 6.09 Å². The average Bonchev–Trinajstić information content (AvgIpc) is 2.86. The number of carbonyl (C=O) groups is 1. The molecule has 0 radical (unpaired) electrons. The van der Waals surface area contributed by atoms with Gasteiger partial charge in [0.15, 0.2) is 0 Å². The molecule has 1 aromatic rings. The topological polar surface area (TPSA) is 52.6 Å². The van der Waals surface area contributed by atoms with Crippen LogP contribution in [0.15, 0.2) is 30.3 Å². The Kier molecular flexibility index (Phi) is 4.20. The van der Waals surface area contributed by atoms with Crippen LogP contribution in [0.2, 0.25) is 0 Å². The standard InChI is InChI=1S/C14H20N2O2/c1-11(13-8-5-9-16(13)14(17)18)15-10-12-6-3-2-4-7-12/h2-4,6-7,11,13,15H,5,8-10H2,1H3,(H,17,18)/t11?,13-/m0/s1. The Morgan fingerprint density at radius 2 is 2.22 bits per heavy atom. The van der Waals surface area contributed by atoms with Gasteiger partial charge in [-0.1, -0.05) is 30.3 Å². The Hall–Kier alpha value is -1.55. The van der Waals surface area contributed by atoms with E-state index in [1.165, 1.54) is 5.56 Å². The highest BCUT2D eigenvalue weighted by molar-refractivity contribution is 5.65. The first-order valence-electron chi connectivity index (χ1n) is 6.45. The van der Waals surface area contributed by atoms with Crippen molar-refractivity contribution in [1.29, 1.82) is 0 Å². The summed E-state index contributed by atoms with van der Waals surface area (Å²) in [5, 5.41) is 12.5. The lowest BCUT2D eigenvalue weighted by molar-refractivity contribution is 0.131. The van der Waals surface area contributed by atoms with Crippen LogP contribution in [0.25, 0.3) is 0 Å². The van der Waals surface area contributed by atoms with Crippen LogP contribution in [0.1, 0.15) is 25.3 Å². The first-order valence-corrected chi connectivity index (χ1v) is 6.45. The van der Waals surface area contributed by atoms with Gasteiger partial charge < -0.3 is 15.3 Å². The summed E-state index contributed by atoms with van der Waals surface area (Å²) in [4.78, 5) is 12.6. The molecular weight excluding hydrogens is 228 g/mol. The molecule has 0 aliphatic carbocycles. The molecule has 1 aromatic carbocycles. The van der Waals surface area contributed by atoms with Crippen LogP contribution in [0.3, 0.4) is 0 Å². The normalized spacial score (nSPS) is 20.9. The van der Waals surface area contributed by atoms with Crippen molar-refractivity contribution in [2.24, 2.45) is 0 Å². The minimum atomic E-state index is -0.800. The van der Waals surface area contributed by atoms with E-state index >= 15 is 0 Å². The van der Waals surface area contributed by atoms with E-state index in [1.807, 2.05) is 18.2 Å². The van der Waals surface area contributed by atoms with E-state index in [4.69, 9.17) is 5.11 Å². The van der Waals surface area contributed by atoms with Crippen molar-refractivity contribution in [1.82, 2.24) is 10.2 Å². The third-order valence-corrected chi connectivity index (χ3v) is 3.59. The summed E-state index contributed by atoms with van der Waals surface area (Å²) in [7, 11) is 0. The van der Waals surface area contributed by atoms with E-state index in [9.17, 15) is 4.79 Å². The van der Waals surface area contributed by atoms with Crippen LogP contribution in [-0.4, -0.2) is 34.7 Å². The van der Waals surface area contributed by atoms with Gasteiger partial charge in [-0.05, 0) is 25.3 Å². The molecule has 4 nitrogen and oxygen atoms in total. The predicted molar refractivity (Wildman–Crippen MR) is 70.5 cm³/mol. The van der Waals surface area contributed by atoms with Gasteiger partial charge in [0.05, 0.1) is 6.04 Å².